The van der Waals surface area contributed by atoms with Crippen LogP contribution in [0.4, 0.5) is 5.82 Å². The summed E-state index contributed by atoms with van der Waals surface area (Å²) in [6.45, 7) is 7.16. The molecule has 1 saturated carbocycles. The molecule has 1 aromatic heterocycles. The van der Waals surface area contributed by atoms with Crippen molar-refractivity contribution < 1.29 is 14.3 Å². The first-order valence-electron chi connectivity index (χ1n) is 11.2. The number of aromatic nitrogens is 2. The van der Waals surface area contributed by atoms with Crippen molar-refractivity contribution in [3.63, 3.8) is 0 Å². The van der Waals surface area contributed by atoms with Gasteiger partial charge in [0.2, 0.25) is 5.91 Å². The van der Waals surface area contributed by atoms with Gasteiger partial charge in [-0.15, -0.1) is 0 Å². The highest BCUT2D eigenvalue weighted by molar-refractivity contribution is 5.92. The first-order valence-corrected chi connectivity index (χ1v) is 11.2. The molecule has 1 aliphatic rings. The molecule has 1 amide bonds. The van der Waals surface area contributed by atoms with Crippen LogP contribution >= 0.6 is 0 Å². The van der Waals surface area contributed by atoms with Crippen molar-refractivity contribution in [3.8, 4) is 22.8 Å². The summed E-state index contributed by atoms with van der Waals surface area (Å²) in [6.07, 6.45) is 7.44. The number of methoxy groups -OCH3 is 2. The van der Waals surface area contributed by atoms with Crippen molar-refractivity contribution in [1.82, 2.24) is 9.78 Å². The molecule has 3 rings (SSSR count). The SMILES string of the molecule is CC1CCCCC1.COc1cccc(OC)c1-c1cc(NC(=O)CN)nn1CC(C)C. The Morgan fingerprint density at radius 2 is 1.81 bits per heavy atom. The Balaban J connectivity index is 0.000000412. The van der Waals surface area contributed by atoms with Gasteiger partial charge in [0.25, 0.3) is 0 Å². The summed E-state index contributed by atoms with van der Waals surface area (Å²) in [6, 6.07) is 7.39. The van der Waals surface area contributed by atoms with Crippen molar-refractivity contribution in [1.29, 1.82) is 0 Å². The van der Waals surface area contributed by atoms with Crippen molar-refractivity contribution in [2.24, 2.45) is 17.6 Å². The van der Waals surface area contributed by atoms with Crippen LogP contribution in [-0.2, 0) is 11.3 Å². The van der Waals surface area contributed by atoms with Gasteiger partial charge in [0, 0.05) is 12.6 Å². The highest BCUT2D eigenvalue weighted by atomic mass is 16.5. The maximum absolute atomic E-state index is 11.6. The number of hydrogen-bond acceptors (Lipinski definition) is 5. The predicted molar refractivity (Wildman–Crippen MR) is 126 cm³/mol. The number of carbonyl (C=O) groups excluding carboxylic acids is 1. The number of anilines is 1. The average molecular weight is 431 g/mol. The molecule has 2 aromatic rings. The average Bonchev–Trinajstić information content (AvgIpc) is 3.14. The van der Waals surface area contributed by atoms with Gasteiger partial charge in [0.15, 0.2) is 5.82 Å². The zero-order valence-corrected chi connectivity index (χ0v) is 19.6. The molecule has 1 aromatic carbocycles. The third kappa shape index (κ3) is 7.28. The quantitative estimate of drug-likeness (QED) is 0.664. The normalized spacial score (nSPS) is 14.0. The largest absolute Gasteiger partial charge is 0.496 e. The molecule has 1 heterocycles. The molecule has 31 heavy (non-hydrogen) atoms. The molecule has 0 spiro atoms. The zero-order chi connectivity index (χ0) is 22.8. The van der Waals surface area contributed by atoms with Crippen LogP contribution in [-0.4, -0.2) is 36.5 Å². The van der Waals surface area contributed by atoms with Gasteiger partial charge in [0.1, 0.15) is 11.5 Å². The number of hydrogen-bond donors (Lipinski definition) is 2. The number of nitrogens with two attached hydrogens (primary N) is 1. The Labute approximate surface area is 186 Å². The highest BCUT2D eigenvalue weighted by Gasteiger charge is 2.19. The molecule has 3 N–H and O–H groups in total. The molecule has 1 aliphatic carbocycles. The number of nitrogens with zero attached hydrogens (tertiary/aromatic N) is 2. The second kappa shape index (κ2) is 12.3. The van der Waals surface area contributed by atoms with E-state index in [4.69, 9.17) is 15.2 Å². The van der Waals surface area contributed by atoms with E-state index in [1.54, 1.807) is 20.3 Å². The number of ether oxygens (including phenoxy) is 2. The second-order valence-corrected chi connectivity index (χ2v) is 8.52. The van der Waals surface area contributed by atoms with Crippen LogP contribution in [0.25, 0.3) is 11.3 Å². The molecule has 0 unspecified atom stereocenters. The first kappa shape index (κ1) is 24.7. The summed E-state index contributed by atoms with van der Waals surface area (Å²) in [4.78, 5) is 11.6. The van der Waals surface area contributed by atoms with Gasteiger partial charge >= 0.3 is 0 Å². The minimum absolute atomic E-state index is 0.0929. The monoisotopic (exact) mass is 430 g/mol. The van der Waals surface area contributed by atoms with Gasteiger partial charge in [-0.3, -0.25) is 9.48 Å². The maximum atomic E-state index is 11.6. The number of carbonyl (C=O) groups is 1. The van der Waals surface area contributed by atoms with E-state index < -0.39 is 0 Å². The Bertz CT molecular complexity index is 804. The molecule has 172 valence electrons. The molecule has 0 atom stereocenters. The maximum Gasteiger partial charge on any atom is 0.239 e. The minimum atomic E-state index is -0.289. The van der Waals surface area contributed by atoms with E-state index in [-0.39, 0.29) is 12.5 Å². The first-order chi connectivity index (χ1) is 14.9. The van der Waals surface area contributed by atoms with Crippen LogP contribution in [0.1, 0.15) is 52.9 Å². The van der Waals surface area contributed by atoms with E-state index in [2.05, 4.69) is 31.2 Å². The molecule has 1 fully saturated rings. The van der Waals surface area contributed by atoms with Crippen molar-refractivity contribution >= 4 is 11.7 Å². The smallest absolute Gasteiger partial charge is 0.239 e. The van der Waals surface area contributed by atoms with E-state index in [9.17, 15) is 4.79 Å². The van der Waals surface area contributed by atoms with Crippen molar-refractivity contribution in [3.05, 3.63) is 24.3 Å². The summed E-state index contributed by atoms with van der Waals surface area (Å²) in [5.41, 5.74) is 6.97. The fourth-order valence-corrected chi connectivity index (χ4v) is 3.77. The van der Waals surface area contributed by atoms with Crippen LogP contribution < -0.4 is 20.5 Å². The summed E-state index contributed by atoms with van der Waals surface area (Å²) >= 11 is 0. The van der Waals surface area contributed by atoms with E-state index in [0.29, 0.717) is 29.8 Å². The number of amides is 1. The molecular weight excluding hydrogens is 392 g/mol. The van der Waals surface area contributed by atoms with Crippen LogP contribution in [0.5, 0.6) is 11.5 Å². The molecule has 7 heteroatoms. The van der Waals surface area contributed by atoms with Gasteiger partial charge in [-0.2, -0.15) is 5.10 Å². The Hall–Kier alpha value is -2.54. The Morgan fingerprint density at radius 3 is 2.26 bits per heavy atom. The van der Waals surface area contributed by atoms with Gasteiger partial charge in [0.05, 0.1) is 32.0 Å². The van der Waals surface area contributed by atoms with Crippen LogP contribution in [0, 0.1) is 11.8 Å². The lowest BCUT2D eigenvalue weighted by molar-refractivity contribution is -0.114. The summed E-state index contributed by atoms with van der Waals surface area (Å²) in [5, 5.41) is 7.18. The van der Waals surface area contributed by atoms with E-state index >= 15 is 0 Å². The lowest BCUT2D eigenvalue weighted by Gasteiger charge is -2.15. The number of rotatable bonds is 7. The topological polar surface area (TPSA) is 91.4 Å². The standard InChI is InChI=1S/C17H24N4O3.C7H14/c1-11(2)10-21-12(8-15(20-21)19-16(22)9-18)17-13(23-3)6-5-7-14(17)24-4;1-7-5-3-2-4-6-7/h5-8,11H,9-10,18H2,1-4H3,(H,19,20,22);7H,2-6H2,1H3. The lowest BCUT2D eigenvalue weighted by Crippen LogP contribution is -2.22. The fourth-order valence-electron chi connectivity index (χ4n) is 3.77. The summed E-state index contributed by atoms with van der Waals surface area (Å²) in [7, 11) is 3.22. The molecule has 0 radical (unpaired) electrons. The number of nitrogens with one attached hydrogen (secondary N) is 1. The third-order valence-electron chi connectivity index (χ3n) is 5.35. The summed E-state index contributed by atoms with van der Waals surface area (Å²) in [5.74, 6) is 2.93. The van der Waals surface area contributed by atoms with E-state index in [1.807, 2.05) is 22.9 Å². The van der Waals surface area contributed by atoms with Gasteiger partial charge in [-0.25, -0.2) is 0 Å². The van der Waals surface area contributed by atoms with Crippen LogP contribution in [0.2, 0.25) is 0 Å². The second-order valence-electron chi connectivity index (χ2n) is 8.52. The van der Waals surface area contributed by atoms with Crippen LogP contribution in [0.3, 0.4) is 0 Å². The van der Waals surface area contributed by atoms with Gasteiger partial charge in [-0.1, -0.05) is 58.9 Å². The van der Waals surface area contributed by atoms with E-state index in [1.165, 1.54) is 32.1 Å². The van der Waals surface area contributed by atoms with E-state index in [0.717, 1.165) is 17.2 Å². The zero-order valence-electron chi connectivity index (χ0n) is 19.6. The highest BCUT2D eigenvalue weighted by Crippen LogP contribution is 2.39. The molecule has 0 aliphatic heterocycles. The lowest BCUT2D eigenvalue weighted by atomic mass is 9.91. The Kier molecular flexibility index (Phi) is 9.85. The van der Waals surface area contributed by atoms with Gasteiger partial charge < -0.3 is 20.5 Å². The molecular formula is C24H38N4O3. The number of benzene rings is 1. The predicted octanol–water partition coefficient (Wildman–Crippen LogP) is 4.71. The Morgan fingerprint density at radius 1 is 1.19 bits per heavy atom. The summed E-state index contributed by atoms with van der Waals surface area (Å²) < 4.78 is 12.8. The van der Waals surface area contributed by atoms with Crippen LogP contribution in [0.15, 0.2) is 24.3 Å². The van der Waals surface area contributed by atoms with Crippen molar-refractivity contribution in [2.45, 2.75) is 59.4 Å². The van der Waals surface area contributed by atoms with Gasteiger partial charge in [-0.05, 0) is 24.0 Å². The van der Waals surface area contributed by atoms with Crippen molar-refractivity contribution in [2.75, 3.05) is 26.1 Å². The minimum Gasteiger partial charge on any atom is -0.496 e. The fraction of sp³-hybridized carbons (Fsp3) is 0.583. The molecule has 7 nitrogen and oxygen atoms in total. The third-order valence-corrected chi connectivity index (χ3v) is 5.35. The molecule has 0 bridgehead atoms. The molecule has 0 saturated heterocycles.